The van der Waals surface area contributed by atoms with Gasteiger partial charge in [0.1, 0.15) is 6.11 Å². The molecule has 0 fully saturated rings. The monoisotopic (exact) mass is 188 g/mol. The van der Waals surface area contributed by atoms with Crippen LogP contribution in [-0.4, -0.2) is 5.97 Å². The molecule has 0 aliphatic rings. The van der Waals surface area contributed by atoms with Crippen molar-refractivity contribution in [1.29, 1.82) is 0 Å². The maximum atomic E-state index is 11.3. The topological polar surface area (TPSA) is 26.3 Å². The molecular weight excluding hydrogens is 176 g/mol. The molecule has 0 radical (unpaired) electrons. The minimum Gasteiger partial charge on any atom is -0.369 e. The third-order valence-corrected chi connectivity index (χ3v) is 1.60. The fraction of sp³-hybridized carbons (Fsp3) is 0.250. The zero-order chi connectivity index (χ0) is 10.2. The van der Waals surface area contributed by atoms with Crippen LogP contribution in [0, 0.1) is 12.0 Å². The van der Waals surface area contributed by atoms with Crippen molar-refractivity contribution in [3.05, 3.63) is 35.9 Å². The Balaban J connectivity index is 2.49. The lowest BCUT2D eigenvalue weighted by Crippen LogP contribution is -1.99. The van der Waals surface area contributed by atoms with Crippen molar-refractivity contribution < 1.29 is 9.53 Å². The van der Waals surface area contributed by atoms with E-state index in [0.29, 0.717) is 5.56 Å². The predicted octanol–water partition coefficient (Wildman–Crippen LogP) is 2.60. The molecule has 0 aliphatic heterocycles. The van der Waals surface area contributed by atoms with Crippen LogP contribution in [0.15, 0.2) is 30.3 Å². The zero-order valence-corrected chi connectivity index (χ0v) is 8.12. The lowest BCUT2D eigenvalue weighted by atomic mass is 10.2. The Kier molecular flexibility index (Phi) is 4.30. The summed E-state index contributed by atoms with van der Waals surface area (Å²) in [6.07, 6.45) is 4.11. The van der Waals surface area contributed by atoms with Crippen molar-refractivity contribution in [3.63, 3.8) is 0 Å². The third kappa shape index (κ3) is 3.32. The summed E-state index contributed by atoms with van der Waals surface area (Å²) in [6, 6.07) is 8.82. The van der Waals surface area contributed by atoms with Crippen LogP contribution >= 0.6 is 0 Å². The molecule has 0 atom stereocenters. The molecule has 0 aromatic heterocycles. The highest BCUT2D eigenvalue weighted by Gasteiger charge is 2.03. The molecule has 2 nitrogen and oxygen atoms in total. The smallest absolute Gasteiger partial charge is 0.352 e. The van der Waals surface area contributed by atoms with Gasteiger partial charge in [-0.25, -0.2) is 4.79 Å². The molecule has 1 rings (SSSR count). The Morgan fingerprint density at radius 1 is 1.36 bits per heavy atom. The van der Waals surface area contributed by atoms with Crippen molar-refractivity contribution in [1.82, 2.24) is 0 Å². The molecule has 14 heavy (non-hydrogen) atoms. The van der Waals surface area contributed by atoms with Gasteiger partial charge in [-0.15, -0.1) is 0 Å². The minimum atomic E-state index is -0.394. The Morgan fingerprint density at radius 3 is 2.71 bits per heavy atom. The Hall–Kier alpha value is -1.75. The van der Waals surface area contributed by atoms with Gasteiger partial charge in [0, 0.05) is 6.42 Å². The number of rotatable bonds is 2. The lowest BCUT2D eigenvalue weighted by molar-refractivity contribution is 0.0690. The summed E-state index contributed by atoms with van der Waals surface area (Å²) in [7, 11) is 0. The average molecular weight is 188 g/mol. The van der Waals surface area contributed by atoms with Crippen molar-refractivity contribution in [2.45, 2.75) is 19.8 Å². The van der Waals surface area contributed by atoms with Gasteiger partial charge in [-0.1, -0.05) is 31.0 Å². The number of carbonyl (C=O) groups excluding carboxylic acids is 1. The maximum Gasteiger partial charge on any atom is 0.352 e. The van der Waals surface area contributed by atoms with Crippen LogP contribution in [0.2, 0.25) is 0 Å². The molecule has 1 aromatic carbocycles. The van der Waals surface area contributed by atoms with Crippen molar-refractivity contribution in [3.8, 4) is 12.0 Å². The second-order valence-electron chi connectivity index (χ2n) is 2.78. The molecule has 1 aromatic rings. The molecule has 72 valence electrons. The maximum absolute atomic E-state index is 11.3. The van der Waals surface area contributed by atoms with Gasteiger partial charge >= 0.3 is 5.97 Å². The van der Waals surface area contributed by atoms with E-state index in [4.69, 9.17) is 4.74 Å². The molecule has 0 spiro atoms. The number of hydrogen-bond acceptors (Lipinski definition) is 2. The first-order valence-corrected chi connectivity index (χ1v) is 4.58. The number of unbranched alkanes of at least 4 members (excludes halogenated alkanes) is 1. The fourth-order valence-corrected chi connectivity index (χ4v) is 0.892. The lowest BCUT2D eigenvalue weighted by Gasteiger charge is -1.94. The quantitative estimate of drug-likeness (QED) is 0.526. The summed E-state index contributed by atoms with van der Waals surface area (Å²) >= 11 is 0. The molecule has 0 bridgehead atoms. The predicted molar refractivity (Wildman–Crippen MR) is 54.5 cm³/mol. The van der Waals surface area contributed by atoms with E-state index in [-0.39, 0.29) is 0 Å². The van der Waals surface area contributed by atoms with Gasteiger partial charge in [-0.3, -0.25) is 0 Å². The van der Waals surface area contributed by atoms with Crippen LogP contribution in [0.3, 0.4) is 0 Å². The van der Waals surface area contributed by atoms with Gasteiger partial charge in [0.05, 0.1) is 5.56 Å². The van der Waals surface area contributed by atoms with Crippen LogP contribution < -0.4 is 0 Å². The number of hydrogen-bond donors (Lipinski definition) is 0. The molecule has 0 unspecified atom stereocenters. The molecule has 2 heteroatoms. The normalized spacial score (nSPS) is 8.64. The molecule has 0 heterocycles. The highest BCUT2D eigenvalue weighted by Crippen LogP contribution is 1.99. The van der Waals surface area contributed by atoms with E-state index >= 15 is 0 Å². The van der Waals surface area contributed by atoms with E-state index in [1.807, 2.05) is 13.0 Å². The largest absolute Gasteiger partial charge is 0.369 e. The summed E-state index contributed by atoms with van der Waals surface area (Å²) in [6.45, 7) is 2.02. The van der Waals surface area contributed by atoms with E-state index < -0.39 is 5.97 Å². The number of ether oxygens (including phenoxy) is 1. The summed E-state index contributed by atoms with van der Waals surface area (Å²) in [5, 5.41) is 0. The van der Waals surface area contributed by atoms with Crippen LogP contribution in [0.1, 0.15) is 30.1 Å². The third-order valence-electron chi connectivity index (χ3n) is 1.60. The second kappa shape index (κ2) is 5.82. The first-order chi connectivity index (χ1) is 6.84. The SMILES string of the molecule is CCCC#COC(=O)c1ccccc1. The van der Waals surface area contributed by atoms with Gasteiger partial charge in [0.25, 0.3) is 0 Å². The van der Waals surface area contributed by atoms with E-state index in [9.17, 15) is 4.79 Å². The van der Waals surface area contributed by atoms with E-state index in [1.165, 1.54) is 0 Å². The van der Waals surface area contributed by atoms with Gasteiger partial charge in [0.15, 0.2) is 0 Å². The summed E-state index contributed by atoms with van der Waals surface area (Å²) < 4.78 is 4.73. The van der Waals surface area contributed by atoms with Crippen LogP contribution in [0.4, 0.5) is 0 Å². The van der Waals surface area contributed by atoms with E-state index in [0.717, 1.165) is 12.8 Å². The second-order valence-corrected chi connectivity index (χ2v) is 2.78. The van der Waals surface area contributed by atoms with Crippen LogP contribution in [0.5, 0.6) is 0 Å². The molecular formula is C12H12O2. The number of carbonyl (C=O) groups is 1. The molecule has 0 saturated heterocycles. The first-order valence-electron chi connectivity index (χ1n) is 4.58. The van der Waals surface area contributed by atoms with Gasteiger partial charge in [0.2, 0.25) is 0 Å². The molecule has 0 aliphatic carbocycles. The highest BCUT2D eigenvalue weighted by molar-refractivity contribution is 5.89. The van der Waals surface area contributed by atoms with Crippen molar-refractivity contribution >= 4 is 5.97 Å². The highest BCUT2D eigenvalue weighted by atomic mass is 16.5. The number of esters is 1. The van der Waals surface area contributed by atoms with Gasteiger partial charge in [-0.2, -0.15) is 0 Å². The first kappa shape index (κ1) is 10.3. The zero-order valence-electron chi connectivity index (χ0n) is 8.12. The van der Waals surface area contributed by atoms with Crippen LogP contribution in [0.25, 0.3) is 0 Å². The van der Waals surface area contributed by atoms with E-state index in [2.05, 4.69) is 12.0 Å². The van der Waals surface area contributed by atoms with Crippen molar-refractivity contribution in [2.75, 3.05) is 0 Å². The minimum absolute atomic E-state index is 0.394. The Morgan fingerprint density at radius 2 is 2.07 bits per heavy atom. The number of benzene rings is 1. The average Bonchev–Trinajstić information content (AvgIpc) is 2.25. The van der Waals surface area contributed by atoms with E-state index in [1.54, 1.807) is 24.3 Å². The standard InChI is InChI=1S/C12H12O2/c1-2-3-7-10-14-12(13)11-8-5-4-6-9-11/h4-6,8-9H,2-3H2,1H3. The summed E-state index contributed by atoms with van der Waals surface area (Å²) in [5.41, 5.74) is 0.526. The van der Waals surface area contributed by atoms with Gasteiger partial charge < -0.3 is 4.74 Å². The van der Waals surface area contributed by atoms with Crippen molar-refractivity contribution in [2.24, 2.45) is 0 Å². The molecule has 0 N–H and O–H groups in total. The summed E-state index contributed by atoms with van der Waals surface area (Å²) in [4.78, 5) is 11.3. The Bertz CT molecular complexity index is 344. The molecule has 0 amide bonds. The summed E-state index contributed by atoms with van der Waals surface area (Å²) in [5.74, 6) is 2.35. The fourth-order valence-electron chi connectivity index (χ4n) is 0.892. The Labute approximate surface area is 83.9 Å². The van der Waals surface area contributed by atoms with Crippen LogP contribution in [-0.2, 0) is 4.74 Å². The molecule has 0 saturated carbocycles. The van der Waals surface area contributed by atoms with Gasteiger partial charge in [-0.05, 0) is 18.6 Å².